The van der Waals surface area contributed by atoms with Gasteiger partial charge in [0.1, 0.15) is 5.82 Å². The van der Waals surface area contributed by atoms with E-state index in [-0.39, 0.29) is 17.5 Å². The molecule has 0 aromatic heterocycles. The van der Waals surface area contributed by atoms with Crippen molar-refractivity contribution in [2.45, 2.75) is 44.2 Å². The second-order valence-electron chi connectivity index (χ2n) is 5.57. The highest BCUT2D eigenvalue weighted by Crippen LogP contribution is 2.33. The minimum Gasteiger partial charge on any atom is -0.326 e. The first-order valence-corrected chi connectivity index (χ1v) is 8.30. The van der Waals surface area contributed by atoms with E-state index < -0.39 is 15.8 Å². The molecule has 6 heteroatoms. The fourth-order valence-electron chi connectivity index (χ4n) is 2.20. The summed E-state index contributed by atoms with van der Waals surface area (Å²) in [5.41, 5.74) is 6.03. The maximum Gasteiger partial charge on any atom is 0.243 e. The second kappa shape index (κ2) is 5.79. The van der Waals surface area contributed by atoms with Crippen LogP contribution in [0.25, 0.3) is 0 Å². The lowest BCUT2D eigenvalue weighted by atomic mass is 10.2. The summed E-state index contributed by atoms with van der Waals surface area (Å²) in [7, 11) is -3.71. The van der Waals surface area contributed by atoms with Crippen LogP contribution in [-0.4, -0.2) is 25.3 Å². The molecule has 1 aliphatic carbocycles. The molecule has 0 spiro atoms. The van der Waals surface area contributed by atoms with Gasteiger partial charge in [0.15, 0.2) is 0 Å². The molecule has 0 saturated heterocycles. The highest BCUT2D eigenvalue weighted by atomic mass is 32.2. The van der Waals surface area contributed by atoms with Gasteiger partial charge in [-0.2, -0.15) is 4.31 Å². The van der Waals surface area contributed by atoms with Gasteiger partial charge in [-0.15, -0.1) is 0 Å². The van der Waals surface area contributed by atoms with Gasteiger partial charge >= 0.3 is 0 Å². The number of sulfonamides is 1. The van der Waals surface area contributed by atoms with E-state index >= 15 is 0 Å². The van der Waals surface area contributed by atoms with Crippen LogP contribution in [-0.2, 0) is 16.6 Å². The number of halogens is 1. The maximum atomic E-state index is 13.4. The average Bonchev–Trinajstić information content (AvgIpc) is 3.19. The van der Waals surface area contributed by atoms with E-state index in [0.29, 0.717) is 18.0 Å². The SMILES string of the molecule is CC(C)N(CC1CC1)S(=O)(=O)c1cc(F)ccc1CN. The summed E-state index contributed by atoms with van der Waals surface area (Å²) in [5.74, 6) is -0.127. The maximum absolute atomic E-state index is 13.4. The smallest absolute Gasteiger partial charge is 0.243 e. The van der Waals surface area contributed by atoms with Gasteiger partial charge in [0.2, 0.25) is 10.0 Å². The zero-order valence-corrected chi connectivity index (χ0v) is 12.7. The molecular formula is C14H21FN2O2S. The van der Waals surface area contributed by atoms with Gasteiger partial charge in [0, 0.05) is 19.1 Å². The van der Waals surface area contributed by atoms with Gasteiger partial charge in [0.25, 0.3) is 0 Å². The number of nitrogens with two attached hydrogens (primary N) is 1. The average molecular weight is 300 g/mol. The fraction of sp³-hybridized carbons (Fsp3) is 0.571. The molecule has 0 amide bonds. The molecule has 1 saturated carbocycles. The Morgan fingerprint density at radius 1 is 1.40 bits per heavy atom. The number of hydrogen-bond acceptors (Lipinski definition) is 3. The largest absolute Gasteiger partial charge is 0.326 e. The van der Waals surface area contributed by atoms with E-state index in [1.54, 1.807) is 0 Å². The molecule has 0 bridgehead atoms. The highest BCUT2D eigenvalue weighted by molar-refractivity contribution is 7.89. The molecule has 2 N–H and O–H groups in total. The third-order valence-electron chi connectivity index (χ3n) is 3.55. The Balaban J connectivity index is 2.43. The molecule has 2 rings (SSSR count). The van der Waals surface area contributed by atoms with Gasteiger partial charge in [-0.1, -0.05) is 6.07 Å². The number of rotatable bonds is 6. The molecule has 4 nitrogen and oxygen atoms in total. The van der Waals surface area contributed by atoms with Crippen LogP contribution in [0.2, 0.25) is 0 Å². The third-order valence-corrected chi connectivity index (χ3v) is 5.67. The molecule has 1 fully saturated rings. The van der Waals surface area contributed by atoms with Crippen molar-refractivity contribution in [1.82, 2.24) is 4.31 Å². The van der Waals surface area contributed by atoms with Gasteiger partial charge in [-0.25, -0.2) is 12.8 Å². The van der Waals surface area contributed by atoms with Gasteiger partial charge in [-0.3, -0.25) is 0 Å². The lowest BCUT2D eigenvalue weighted by molar-refractivity contribution is 0.341. The zero-order chi connectivity index (χ0) is 14.9. The molecule has 0 heterocycles. The van der Waals surface area contributed by atoms with E-state index in [4.69, 9.17) is 5.73 Å². The van der Waals surface area contributed by atoms with Crippen LogP contribution >= 0.6 is 0 Å². The number of benzene rings is 1. The minimum absolute atomic E-state index is 0.00523. The number of nitrogens with zero attached hydrogens (tertiary/aromatic N) is 1. The first-order chi connectivity index (χ1) is 9.36. The molecule has 0 aliphatic heterocycles. The van der Waals surface area contributed by atoms with Crippen molar-refractivity contribution in [2.24, 2.45) is 11.7 Å². The van der Waals surface area contributed by atoms with Crippen molar-refractivity contribution in [2.75, 3.05) is 6.54 Å². The standard InChI is InChI=1S/C14H21FN2O2S/c1-10(2)17(9-11-3-4-11)20(18,19)14-7-13(15)6-5-12(14)8-16/h5-7,10-11H,3-4,8-9,16H2,1-2H3. The summed E-state index contributed by atoms with van der Waals surface area (Å²) in [6, 6.07) is 3.59. The van der Waals surface area contributed by atoms with E-state index in [1.165, 1.54) is 16.4 Å². The van der Waals surface area contributed by atoms with Gasteiger partial charge in [-0.05, 0) is 50.3 Å². The van der Waals surface area contributed by atoms with Crippen LogP contribution in [0.1, 0.15) is 32.3 Å². The molecule has 1 aromatic rings. The quantitative estimate of drug-likeness (QED) is 0.875. The Morgan fingerprint density at radius 2 is 2.05 bits per heavy atom. The Morgan fingerprint density at radius 3 is 2.55 bits per heavy atom. The first-order valence-electron chi connectivity index (χ1n) is 6.86. The van der Waals surface area contributed by atoms with Crippen molar-refractivity contribution in [1.29, 1.82) is 0 Å². The summed E-state index contributed by atoms with van der Waals surface area (Å²) in [6.07, 6.45) is 2.12. The molecule has 20 heavy (non-hydrogen) atoms. The Hall–Kier alpha value is -0.980. The first kappa shape index (κ1) is 15.4. The lowest BCUT2D eigenvalue weighted by Gasteiger charge is -2.27. The molecule has 112 valence electrons. The van der Waals surface area contributed by atoms with Crippen molar-refractivity contribution in [3.05, 3.63) is 29.6 Å². The highest BCUT2D eigenvalue weighted by Gasteiger charge is 2.34. The Labute approximate surface area is 119 Å². The fourth-order valence-corrected chi connectivity index (χ4v) is 4.16. The van der Waals surface area contributed by atoms with Crippen molar-refractivity contribution in [3.8, 4) is 0 Å². The van der Waals surface area contributed by atoms with Gasteiger partial charge < -0.3 is 5.73 Å². The van der Waals surface area contributed by atoms with Crippen LogP contribution < -0.4 is 5.73 Å². The summed E-state index contributed by atoms with van der Waals surface area (Å²) in [6.45, 7) is 4.24. The van der Waals surface area contributed by atoms with E-state index in [9.17, 15) is 12.8 Å². The Bertz CT molecular complexity index is 583. The van der Waals surface area contributed by atoms with Crippen molar-refractivity contribution >= 4 is 10.0 Å². The second-order valence-corrected chi connectivity index (χ2v) is 7.43. The third kappa shape index (κ3) is 3.19. The van der Waals surface area contributed by atoms with Crippen LogP contribution in [0.5, 0.6) is 0 Å². The van der Waals surface area contributed by atoms with Crippen LogP contribution in [0.4, 0.5) is 4.39 Å². The summed E-state index contributed by atoms with van der Waals surface area (Å²) < 4.78 is 40.4. The van der Waals surface area contributed by atoms with Crippen LogP contribution in [0.15, 0.2) is 23.1 Å². The molecule has 1 aliphatic rings. The monoisotopic (exact) mass is 300 g/mol. The zero-order valence-electron chi connectivity index (χ0n) is 11.8. The van der Waals surface area contributed by atoms with E-state index in [0.717, 1.165) is 18.9 Å². The lowest BCUT2D eigenvalue weighted by Crippen LogP contribution is -2.39. The topological polar surface area (TPSA) is 63.4 Å². The molecule has 1 aromatic carbocycles. The molecule has 0 atom stereocenters. The molecule has 0 unspecified atom stereocenters. The van der Waals surface area contributed by atoms with E-state index in [2.05, 4.69) is 0 Å². The van der Waals surface area contributed by atoms with Crippen molar-refractivity contribution in [3.63, 3.8) is 0 Å². The predicted molar refractivity (Wildman–Crippen MR) is 76.0 cm³/mol. The normalized spacial score (nSPS) is 16.1. The number of hydrogen-bond donors (Lipinski definition) is 1. The Kier molecular flexibility index (Phi) is 4.46. The summed E-state index contributed by atoms with van der Waals surface area (Å²) >= 11 is 0. The van der Waals surface area contributed by atoms with Crippen LogP contribution in [0.3, 0.4) is 0 Å². The van der Waals surface area contributed by atoms with Crippen LogP contribution in [0, 0.1) is 11.7 Å². The molecule has 0 radical (unpaired) electrons. The van der Waals surface area contributed by atoms with E-state index in [1.807, 2.05) is 13.8 Å². The molecular weight excluding hydrogens is 279 g/mol. The van der Waals surface area contributed by atoms with Crippen molar-refractivity contribution < 1.29 is 12.8 Å². The predicted octanol–water partition coefficient (Wildman–Crippen LogP) is 2.09. The van der Waals surface area contributed by atoms with Gasteiger partial charge in [0.05, 0.1) is 4.90 Å². The summed E-state index contributed by atoms with van der Waals surface area (Å²) in [4.78, 5) is -0.00523. The minimum atomic E-state index is -3.71. The summed E-state index contributed by atoms with van der Waals surface area (Å²) in [5, 5.41) is 0.